The number of benzene rings is 1. The van der Waals surface area contributed by atoms with Gasteiger partial charge < -0.3 is 15.7 Å². The molecule has 0 aliphatic rings. The second kappa shape index (κ2) is 7.57. The molecule has 2 unspecified atom stereocenters. The second-order valence-electron chi connectivity index (χ2n) is 5.82. The molecule has 0 saturated carbocycles. The molecule has 1 aromatic carbocycles. The summed E-state index contributed by atoms with van der Waals surface area (Å²) in [6, 6.07) is 5.44. The van der Waals surface area contributed by atoms with Gasteiger partial charge in [0.1, 0.15) is 5.01 Å². The highest BCUT2D eigenvalue weighted by Gasteiger charge is 2.14. The fourth-order valence-corrected chi connectivity index (χ4v) is 3.17. The average Bonchev–Trinajstić information content (AvgIpc) is 2.90. The fourth-order valence-electron chi connectivity index (χ4n) is 2.39. The van der Waals surface area contributed by atoms with Crippen LogP contribution in [0.2, 0.25) is 0 Å². The highest BCUT2D eigenvalue weighted by atomic mass is 32.1. The highest BCUT2D eigenvalue weighted by molar-refractivity contribution is 7.11. The number of hydrogen-bond donors (Lipinski definition) is 3. The van der Waals surface area contributed by atoms with Gasteiger partial charge in [0.05, 0.1) is 12.1 Å². The van der Waals surface area contributed by atoms with E-state index in [4.69, 9.17) is 0 Å². The molecule has 23 heavy (non-hydrogen) atoms. The molecule has 0 bridgehead atoms. The number of rotatable bonds is 5. The predicted molar refractivity (Wildman–Crippen MR) is 92.7 cm³/mol. The third-order valence-corrected chi connectivity index (χ3v) is 4.54. The first-order valence-corrected chi connectivity index (χ1v) is 8.39. The standard InChI is InChI=1S/C17H23N3O2S/c1-10-5-11(2)7-14(6-10)15(21)9-19-17(22)20-13(4)16-18-8-12(3)23-16/h5-8,13,15,21H,9H2,1-4H3,(H2,19,20,22). The summed E-state index contributed by atoms with van der Waals surface area (Å²) in [6.07, 6.45) is 1.07. The molecule has 3 N–H and O–H groups in total. The number of hydrogen-bond acceptors (Lipinski definition) is 4. The van der Waals surface area contributed by atoms with E-state index in [0.29, 0.717) is 0 Å². The molecule has 2 rings (SSSR count). The number of amides is 2. The van der Waals surface area contributed by atoms with Gasteiger partial charge in [-0.25, -0.2) is 9.78 Å². The Labute approximate surface area is 140 Å². The van der Waals surface area contributed by atoms with E-state index >= 15 is 0 Å². The van der Waals surface area contributed by atoms with E-state index < -0.39 is 6.10 Å². The van der Waals surface area contributed by atoms with Crippen LogP contribution in [0.15, 0.2) is 24.4 Å². The lowest BCUT2D eigenvalue weighted by Crippen LogP contribution is -2.39. The first-order chi connectivity index (χ1) is 10.8. The second-order valence-corrected chi connectivity index (χ2v) is 7.09. The Hall–Kier alpha value is -1.92. The number of aliphatic hydroxyl groups excluding tert-OH is 1. The Morgan fingerprint density at radius 1 is 1.26 bits per heavy atom. The summed E-state index contributed by atoms with van der Waals surface area (Å²) in [5, 5.41) is 16.6. The van der Waals surface area contributed by atoms with E-state index in [1.807, 2.05) is 45.9 Å². The minimum Gasteiger partial charge on any atom is -0.387 e. The highest BCUT2D eigenvalue weighted by Crippen LogP contribution is 2.19. The zero-order valence-electron chi connectivity index (χ0n) is 13.9. The van der Waals surface area contributed by atoms with Crippen molar-refractivity contribution in [3.8, 4) is 0 Å². The van der Waals surface area contributed by atoms with Crippen LogP contribution in [-0.4, -0.2) is 22.7 Å². The Balaban J connectivity index is 1.86. The summed E-state index contributed by atoms with van der Waals surface area (Å²) in [4.78, 5) is 17.3. The van der Waals surface area contributed by atoms with Crippen molar-refractivity contribution in [1.82, 2.24) is 15.6 Å². The summed E-state index contributed by atoms with van der Waals surface area (Å²) >= 11 is 1.56. The molecule has 6 heteroatoms. The number of aliphatic hydroxyl groups is 1. The quantitative estimate of drug-likeness (QED) is 0.787. The van der Waals surface area contributed by atoms with Crippen molar-refractivity contribution >= 4 is 17.4 Å². The molecular formula is C17H23N3O2S. The largest absolute Gasteiger partial charge is 0.387 e. The summed E-state index contributed by atoms with van der Waals surface area (Å²) in [7, 11) is 0. The minimum atomic E-state index is -0.725. The SMILES string of the molecule is Cc1cc(C)cc(C(O)CNC(=O)NC(C)c2ncc(C)s2)c1. The van der Waals surface area contributed by atoms with Crippen LogP contribution in [-0.2, 0) is 0 Å². The van der Waals surface area contributed by atoms with Gasteiger partial charge in [-0.3, -0.25) is 0 Å². The minimum absolute atomic E-state index is 0.160. The van der Waals surface area contributed by atoms with Gasteiger partial charge in [0.25, 0.3) is 0 Å². The third kappa shape index (κ3) is 5.04. The summed E-state index contributed by atoms with van der Waals surface area (Å²) in [6.45, 7) is 8.01. The number of nitrogens with zero attached hydrogens (tertiary/aromatic N) is 1. The zero-order chi connectivity index (χ0) is 17.0. The predicted octanol–water partition coefficient (Wildman–Crippen LogP) is 3.16. The lowest BCUT2D eigenvalue weighted by atomic mass is 10.0. The summed E-state index contributed by atoms with van der Waals surface area (Å²) in [5.41, 5.74) is 3.00. The van der Waals surface area contributed by atoms with Crippen LogP contribution in [0, 0.1) is 20.8 Å². The van der Waals surface area contributed by atoms with Crippen molar-refractivity contribution in [2.24, 2.45) is 0 Å². The number of nitrogens with one attached hydrogen (secondary N) is 2. The molecular weight excluding hydrogens is 310 g/mol. The molecule has 2 aromatic rings. The molecule has 0 aliphatic carbocycles. The third-order valence-electron chi connectivity index (χ3n) is 3.44. The van der Waals surface area contributed by atoms with Crippen molar-refractivity contribution in [3.05, 3.63) is 51.0 Å². The van der Waals surface area contributed by atoms with Crippen LogP contribution >= 0.6 is 11.3 Å². The molecule has 0 radical (unpaired) electrons. The molecule has 0 spiro atoms. The van der Waals surface area contributed by atoms with E-state index in [1.54, 1.807) is 17.5 Å². The van der Waals surface area contributed by atoms with Crippen LogP contribution in [0.4, 0.5) is 4.79 Å². The molecule has 2 amide bonds. The Morgan fingerprint density at radius 3 is 2.48 bits per heavy atom. The van der Waals surface area contributed by atoms with Crippen molar-refractivity contribution in [3.63, 3.8) is 0 Å². The van der Waals surface area contributed by atoms with Crippen LogP contribution in [0.25, 0.3) is 0 Å². The lowest BCUT2D eigenvalue weighted by molar-refractivity contribution is 0.172. The van der Waals surface area contributed by atoms with Crippen LogP contribution in [0.5, 0.6) is 0 Å². The molecule has 5 nitrogen and oxygen atoms in total. The monoisotopic (exact) mass is 333 g/mol. The Kier molecular flexibility index (Phi) is 5.74. The number of carbonyl (C=O) groups excluding carboxylic acids is 1. The average molecular weight is 333 g/mol. The number of thiazole rings is 1. The smallest absolute Gasteiger partial charge is 0.315 e. The van der Waals surface area contributed by atoms with Crippen LogP contribution in [0.1, 0.15) is 45.6 Å². The number of carbonyl (C=O) groups is 1. The van der Waals surface area contributed by atoms with Gasteiger partial charge in [0, 0.05) is 17.6 Å². The van der Waals surface area contributed by atoms with Crippen LogP contribution < -0.4 is 10.6 Å². The Morgan fingerprint density at radius 2 is 1.91 bits per heavy atom. The fraction of sp³-hybridized carbons (Fsp3) is 0.412. The molecule has 2 atom stereocenters. The van der Waals surface area contributed by atoms with Crippen molar-refractivity contribution < 1.29 is 9.90 Å². The maximum absolute atomic E-state index is 11.9. The molecule has 0 aliphatic heterocycles. The van der Waals surface area contributed by atoms with Crippen molar-refractivity contribution in [2.75, 3.05) is 6.54 Å². The van der Waals surface area contributed by atoms with Gasteiger partial charge in [0.2, 0.25) is 0 Å². The van der Waals surface area contributed by atoms with Gasteiger partial charge in [-0.2, -0.15) is 0 Å². The zero-order valence-corrected chi connectivity index (χ0v) is 14.7. The summed E-state index contributed by atoms with van der Waals surface area (Å²) < 4.78 is 0. The number of aromatic nitrogens is 1. The molecule has 0 fully saturated rings. The lowest BCUT2D eigenvalue weighted by Gasteiger charge is -2.16. The summed E-state index contributed by atoms with van der Waals surface area (Å²) in [5.74, 6) is 0. The normalized spacial score (nSPS) is 13.4. The Bertz CT molecular complexity index is 664. The van der Waals surface area contributed by atoms with Gasteiger partial charge >= 0.3 is 6.03 Å². The van der Waals surface area contributed by atoms with E-state index in [2.05, 4.69) is 15.6 Å². The number of urea groups is 1. The van der Waals surface area contributed by atoms with Gasteiger partial charge in [-0.05, 0) is 33.3 Å². The van der Waals surface area contributed by atoms with E-state index in [1.165, 1.54) is 0 Å². The van der Waals surface area contributed by atoms with E-state index in [0.717, 1.165) is 26.6 Å². The molecule has 124 valence electrons. The molecule has 0 saturated heterocycles. The maximum atomic E-state index is 11.9. The van der Waals surface area contributed by atoms with Crippen molar-refractivity contribution in [2.45, 2.75) is 39.8 Å². The maximum Gasteiger partial charge on any atom is 0.315 e. The molecule has 1 heterocycles. The number of aryl methyl sites for hydroxylation is 3. The van der Waals surface area contributed by atoms with E-state index in [-0.39, 0.29) is 18.6 Å². The van der Waals surface area contributed by atoms with Gasteiger partial charge in [0.15, 0.2) is 0 Å². The van der Waals surface area contributed by atoms with Gasteiger partial charge in [-0.15, -0.1) is 11.3 Å². The van der Waals surface area contributed by atoms with Crippen molar-refractivity contribution in [1.29, 1.82) is 0 Å². The first kappa shape index (κ1) is 17.4. The van der Waals surface area contributed by atoms with Gasteiger partial charge in [-0.1, -0.05) is 29.3 Å². The van der Waals surface area contributed by atoms with E-state index in [9.17, 15) is 9.90 Å². The molecule has 1 aromatic heterocycles. The topological polar surface area (TPSA) is 74.2 Å². The first-order valence-electron chi connectivity index (χ1n) is 7.58. The van der Waals surface area contributed by atoms with Crippen LogP contribution in [0.3, 0.4) is 0 Å².